The highest BCUT2D eigenvalue weighted by Crippen LogP contribution is 2.07. The van der Waals surface area contributed by atoms with Gasteiger partial charge in [0, 0.05) is 18.3 Å². The zero-order valence-corrected chi connectivity index (χ0v) is 8.90. The number of hydrogen-bond acceptors (Lipinski definition) is 3. The molecule has 0 saturated carbocycles. The number of nitrogen functional groups attached to an aromatic ring is 1. The third-order valence-electron chi connectivity index (χ3n) is 2.08. The van der Waals surface area contributed by atoms with Crippen LogP contribution in [0.1, 0.15) is 5.56 Å². The number of rotatable bonds is 4. The summed E-state index contributed by atoms with van der Waals surface area (Å²) in [5, 5.41) is 0. The van der Waals surface area contributed by atoms with Gasteiger partial charge in [0.25, 0.3) is 0 Å². The van der Waals surface area contributed by atoms with E-state index in [0.717, 1.165) is 18.7 Å². The standard InChI is InChI=1S/C11H19N3/c1-14(2)8-11(13)7-9-3-5-10(12)6-4-9/h3-6,11H,7-8,12-13H2,1-2H3/t11-/m0/s1. The molecular formula is C11H19N3. The average molecular weight is 193 g/mol. The third kappa shape index (κ3) is 3.77. The Morgan fingerprint density at radius 1 is 1.21 bits per heavy atom. The van der Waals surface area contributed by atoms with E-state index in [9.17, 15) is 0 Å². The molecule has 0 aliphatic rings. The van der Waals surface area contributed by atoms with Crippen molar-refractivity contribution in [2.75, 3.05) is 26.4 Å². The fraction of sp³-hybridized carbons (Fsp3) is 0.455. The summed E-state index contributed by atoms with van der Waals surface area (Å²) in [5.74, 6) is 0. The van der Waals surface area contributed by atoms with E-state index in [1.54, 1.807) is 0 Å². The van der Waals surface area contributed by atoms with Gasteiger partial charge in [-0.2, -0.15) is 0 Å². The minimum Gasteiger partial charge on any atom is -0.399 e. The molecule has 0 fully saturated rings. The fourth-order valence-electron chi connectivity index (χ4n) is 1.49. The van der Waals surface area contributed by atoms with Gasteiger partial charge in [0.05, 0.1) is 0 Å². The van der Waals surface area contributed by atoms with E-state index >= 15 is 0 Å². The molecule has 1 rings (SSSR count). The van der Waals surface area contributed by atoms with Gasteiger partial charge in [-0.25, -0.2) is 0 Å². The van der Waals surface area contributed by atoms with Gasteiger partial charge in [-0.05, 0) is 38.2 Å². The van der Waals surface area contributed by atoms with Crippen molar-refractivity contribution < 1.29 is 0 Å². The first kappa shape index (κ1) is 11.0. The molecule has 4 N–H and O–H groups in total. The highest BCUT2D eigenvalue weighted by molar-refractivity contribution is 5.39. The molecule has 0 saturated heterocycles. The van der Waals surface area contributed by atoms with Crippen LogP contribution in [0, 0.1) is 0 Å². The Bertz CT molecular complexity index is 266. The van der Waals surface area contributed by atoms with Gasteiger partial charge in [0.2, 0.25) is 0 Å². The maximum atomic E-state index is 5.97. The van der Waals surface area contributed by atoms with Crippen molar-refractivity contribution in [1.82, 2.24) is 4.90 Å². The van der Waals surface area contributed by atoms with Crippen LogP contribution in [0.2, 0.25) is 0 Å². The Kier molecular flexibility index (Phi) is 3.92. The van der Waals surface area contributed by atoms with Crippen LogP contribution in [0.5, 0.6) is 0 Å². The molecule has 14 heavy (non-hydrogen) atoms. The van der Waals surface area contributed by atoms with E-state index in [1.807, 2.05) is 38.4 Å². The maximum absolute atomic E-state index is 5.97. The molecule has 0 spiro atoms. The highest BCUT2D eigenvalue weighted by Gasteiger charge is 2.04. The normalized spacial score (nSPS) is 13.1. The summed E-state index contributed by atoms with van der Waals surface area (Å²) in [4.78, 5) is 2.10. The van der Waals surface area contributed by atoms with E-state index in [1.165, 1.54) is 5.56 Å². The summed E-state index contributed by atoms with van der Waals surface area (Å²) >= 11 is 0. The zero-order valence-electron chi connectivity index (χ0n) is 8.90. The van der Waals surface area contributed by atoms with Gasteiger partial charge in [-0.3, -0.25) is 0 Å². The predicted molar refractivity (Wildman–Crippen MR) is 61.1 cm³/mol. The van der Waals surface area contributed by atoms with Gasteiger partial charge < -0.3 is 16.4 Å². The molecule has 0 radical (unpaired) electrons. The second-order valence-electron chi connectivity index (χ2n) is 3.97. The molecular weight excluding hydrogens is 174 g/mol. The molecule has 0 bridgehead atoms. The van der Waals surface area contributed by atoms with Crippen LogP contribution in [0.4, 0.5) is 5.69 Å². The minimum atomic E-state index is 0.189. The highest BCUT2D eigenvalue weighted by atomic mass is 15.1. The van der Waals surface area contributed by atoms with E-state index < -0.39 is 0 Å². The summed E-state index contributed by atoms with van der Waals surface area (Å²) in [6.45, 7) is 0.907. The predicted octanol–water partition coefficient (Wildman–Crippen LogP) is 0.700. The molecule has 0 unspecified atom stereocenters. The lowest BCUT2D eigenvalue weighted by Gasteiger charge is -2.16. The quantitative estimate of drug-likeness (QED) is 0.692. The average Bonchev–Trinajstić information content (AvgIpc) is 2.07. The molecule has 1 atom stereocenters. The van der Waals surface area contributed by atoms with E-state index in [0.29, 0.717) is 0 Å². The maximum Gasteiger partial charge on any atom is 0.0314 e. The molecule has 0 aliphatic carbocycles. The summed E-state index contributed by atoms with van der Waals surface area (Å²) in [5.41, 5.74) is 13.6. The molecule has 0 amide bonds. The first-order chi connectivity index (χ1) is 6.58. The Morgan fingerprint density at radius 3 is 2.29 bits per heavy atom. The van der Waals surface area contributed by atoms with Gasteiger partial charge in [-0.15, -0.1) is 0 Å². The molecule has 1 aromatic rings. The van der Waals surface area contributed by atoms with E-state index in [-0.39, 0.29) is 6.04 Å². The number of nitrogens with zero attached hydrogens (tertiary/aromatic N) is 1. The molecule has 3 heteroatoms. The summed E-state index contributed by atoms with van der Waals surface area (Å²) in [7, 11) is 4.06. The summed E-state index contributed by atoms with van der Waals surface area (Å²) in [6, 6.07) is 8.08. The SMILES string of the molecule is CN(C)C[C@@H](N)Cc1ccc(N)cc1. The van der Waals surface area contributed by atoms with Crippen molar-refractivity contribution in [3.8, 4) is 0 Å². The Balaban J connectivity index is 2.47. The number of benzene rings is 1. The first-order valence-electron chi connectivity index (χ1n) is 4.82. The van der Waals surface area contributed by atoms with Crippen LogP contribution in [-0.2, 0) is 6.42 Å². The van der Waals surface area contributed by atoms with Gasteiger partial charge >= 0.3 is 0 Å². The van der Waals surface area contributed by atoms with Crippen molar-refractivity contribution in [3.05, 3.63) is 29.8 Å². The van der Waals surface area contributed by atoms with Gasteiger partial charge in [0.1, 0.15) is 0 Å². The monoisotopic (exact) mass is 193 g/mol. The number of likely N-dealkylation sites (N-methyl/N-ethyl adjacent to an activating group) is 1. The lowest BCUT2D eigenvalue weighted by molar-refractivity contribution is 0.371. The Hall–Kier alpha value is -1.06. The van der Waals surface area contributed by atoms with Crippen LogP contribution in [0.15, 0.2) is 24.3 Å². The number of nitrogens with two attached hydrogens (primary N) is 2. The zero-order chi connectivity index (χ0) is 10.6. The second-order valence-corrected chi connectivity index (χ2v) is 3.97. The molecule has 0 aliphatic heterocycles. The van der Waals surface area contributed by atoms with Gasteiger partial charge in [0.15, 0.2) is 0 Å². The molecule has 0 aromatic heterocycles. The summed E-state index contributed by atoms with van der Waals surface area (Å²) in [6.07, 6.45) is 0.901. The van der Waals surface area contributed by atoms with Crippen molar-refractivity contribution in [3.63, 3.8) is 0 Å². The van der Waals surface area contributed by atoms with E-state index in [2.05, 4.69) is 4.90 Å². The van der Waals surface area contributed by atoms with E-state index in [4.69, 9.17) is 11.5 Å². The van der Waals surface area contributed by atoms with Crippen LogP contribution >= 0.6 is 0 Å². The molecule has 78 valence electrons. The van der Waals surface area contributed by atoms with Crippen LogP contribution in [0.3, 0.4) is 0 Å². The lowest BCUT2D eigenvalue weighted by atomic mass is 10.1. The van der Waals surface area contributed by atoms with Crippen molar-refractivity contribution >= 4 is 5.69 Å². The lowest BCUT2D eigenvalue weighted by Crippen LogP contribution is -2.34. The molecule has 3 nitrogen and oxygen atoms in total. The first-order valence-corrected chi connectivity index (χ1v) is 4.82. The van der Waals surface area contributed by atoms with Crippen molar-refractivity contribution in [1.29, 1.82) is 0 Å². The Labute approximate surface area is 85.7 Å². The topological polar surface area (TPSA) is 55.3 Å². The fourth-order valence-corrected chi connectivity index (χ4v) is 1.49. The smallest absolute Gasteiger partial charge is 0.0314 e. The number of anilines is 1. The largest absolute Gasteiger partial charge is 0.399 e. The van der Waals surface area contributed by atoms with Crippen LogP contribution in [0.25, 0.3) is 0 Å². The van der Waals surface area contributed by atoms with Gasteiger partial charge in [-0.1, -0.05) is 12.1 Å². The van der Waals surface area contributed by atoms with Crippen molar-refractivity contribution in [2.24, 2.45) is 5.73 Å². The van der Waals surface area contributed by atoms with Crippen LogP contribution < -0.4 is 11.5 Å². The second kappa shape index (κ2) is 4.98. The minimum absolute atomic E-state index is 0.189. The molecule has 1 aromatic carbocycles. The summed E-state index contributed by atoms with van der Waals surface area (Å²) < 4.78 is 0. The third-order valence-corrected chi connectivity index (χ3v) is 2.08. The number of hydrogen-bond donors (Lipinski definition) is 2. The molecule has 0 heterocycles. The Morgan fingerprint density at radius 2 is 1.79 bits per heavy atom. The van der Waals surface area contributed by atoms with Crippen LogP contribution in [-0.4, -0.2) is 31.6 Å². The van der Waals surface area contributed by atoms with Crippen molar-refractivity contribution in [2.45, 2.75) is 12.5 Å².